The fraction of sp³-hybridized carbons (Fsp3) is 0.143. The number of rotatable bonds is 7. The minimum Gasteiger partial charge on any atom is -0.487 e. The molecule has 0 fully saturated rings. The summed E-state index contributed by atoms with van der Waals surface area (Å²) in [6, 6.07) is 15.4. The van der Waals surface area contributed by atoms with Gasteiger partial charge in [-0.05, 0) is 53.1 Å². The molecule has 0 saturated heterocycles. The number of carbonyl (C=O) groups excluding carboxylic acids is 1. The van der Waals surface area contributed by atoms with E-state index >= 15 is 0 Å². The molecule has 1 N–H and O–H groups in total. The van der Waals surface area contributed by atoms with Gasteiger partial charge in [-0.2, -0.15) is 11.3 Å². The number of pyridine rings is 1. The third-order valence-corrected chi connectivity index (χ3v) is 4.87. The van der Waals surface area contributed by atoms with E-state index in [-0.39, 0.29) is 5.91 Å². The van der Waals surface area contributed by atoms with Crippen LogP contribution in [0.15, 0.2) is 71.7 Å². The Balaban J connectivity index is 1.33. The van der Waals surface area contributed by atoms with Gasteiger partial charge in [0.05, 0.1) is 5.69 Å². The summed E-state index contributed by atoms with van der Waals surface area (Å²) in [4.78, 5) is 16.7. The summed E-state index contributed by atoms with van der Waals surface area (Å²) in [6.07, 6.45) is 5.12. The van der Waals surface area contributed by atoms with Crippen molar-refractivity contribution in [3.63, 3.8) is 0 Å². The zero-order valence-electron chi connectivity index (χ0n) is 14.7. The number of carbonyl (C=O) groups is 1. The molecule has 1 aromatic carbocycles. The van der Waals surface area contributed by atoms with Gasteiger partial charge in [0.1, 0.15) is 18.0 Å². The van der Waals surface area contributed by atoms with Crippen LogP contribution in [0, 0.1) is 0 Å². The maximum absolute atomic E-state index is 12.1. The lowest BCUT2D eigenvalue weighted by Crippen LogP contribution is -2.12. The zero-order chi connectivity index (χ0) is 18.5. The normalized spacial score (nSPS) is 10.8. The first-order valence-corrected chi connectivity index (χ1v) is 9.67. The molecule has 0 aliphatic rings. The van der Waals surface area contributed by atoms with Gasteiger partial charge in [0.2, 0.25) is 5.91 Å². The molecular weight excluding hydrogens is 358 g/mol. The lowest BCUT2D eigenvalue weighted by molar-refractivity contribution is -0.116. The number of nitrogens with one attached hydrogen (secondary N) is 1. The predicted molar refractivity (Wildman–Crippen MR) is 107 cm³/mol. The Morgan fingerprint density at radius 2 is 2.15 bits per heavy atom. The fourth-order valence-corrected chi connectivity index (χ4v) is 3.50. The highest BCUT2D eigenvalue weighted by molar-refractivity contribution is 7.07. The number of thiophene rings is 1. The van der Waals surface area contributed by atoms with Gasteiger partial charge in [-0.3, -0.25) is 4.79 Å². The molecule has 0 atom stereocenters. The summed E-state index contributed by atoms with van der Waals surface area (Å²) in [7, 11) is 0. The highest BCUT2D eigenvalue weighted by Gasteiger charge is 2.06. The summed E-state index contributed by atoms with van der Waals surface area (Å²) in [6.45, 7) is 0.372. The molecule has 0 bridgehead atoms. The zero-order valence-corrected chi connectivity index (χ0v) is 15.5. The average Bonchev–Trinajstić information content (AvgIpc) is 3.34. The van der Waals surface area contributed by atoms with Crippen LogP contribution in [0.1, 0.15) is 17.7 Å². The number of imidazole rings is 1. The monoisotopic (exact) mass is 377 g/mol. The molecule has 27 heavy (non-hydrogen) atoms. The summed E-state index contributed by atoms with van der Waals surface area (Å²) in [5.41, 5.74) is 3.67. The van der Waals surface area contributed by atoms with Crippen LogP contribution in [0.5, 0.6) is 5.75 Å². The van der Waals surface area contributed by atoms with Gasteiger partial charge < -0.3 is 14.5 Å². The van der Waals surface area contributed by atoms with E-state index in [4.69, 9.17) is 4.74 Å². The summed E-state index contributed by atoms with van der Waals surface area (Å²) < 4.78 is 7.80. The largest absolute Gasteiger partial charge is 0.487 e. The first-order valence-electron chi connectivity index (χ1n) is 8.73. The number of aromatic nitrogens is 2. The van der Waals surface area contributed by atoms with Gasteiger partial charge in [0, 0.05) is 30.6 Å². The number of hydrogen-bond donors (Lipinski definition) is 1. The molecule has 6 heteroatoms. The van der Waals surface area contributed by atoms with Gasteiger partial charge in [-0.1, -0.05) is 12.1 Å². The molecule has 0 saturated carbocycles. The van der Waals surface area contributed by atoms with Crippen molar-refractivity contribution in [3.8, 4) is 5.75 Å². The van der Waals surface area contributed by atoms with Gasteiger partial charge in [0.25, 0.3) is 0 Å². The number of hydrogen-bond acceptors (Lipinski definition) is 4. The molecule has 0 unspecified atom stereocenters. The van der Waals surface area contributed by atoms with E-state index in [0.717, 1.165) is 23.4 Å². The number of aryl methyl sites for hydroxylation is 1. The van der Waals surface area contributed by atoms with Crippen molar-refractivity contribution in [1.29, 1.82) is 0 Å². The second kappa shape index (κ2) is 8.05. The summed E-state index contributed by atoms with van der Waals surface area (Å²) in [5, 5.41) is 7.02. The molecule has 4 rings (SSSR count). The molecule has 0 aliphatic carbocycles. The molecular formula is C21H19N3O2S. The number of benzene rings is 1. The smallest absolute Gasteiger partial charge is 0.224 e. The van der Waals surface area contributed by atoms with Crippen molar-refractivity contribution < 1.29 is 9.53 Å². The van der Waals surface area contributed by atoms with E-state index in [1.807, 2.05) is 70.7 Å². The van der Waals surface area contributed by atoms with E-state index < -0.39 is 0 Å². The van der Waals surface area contributed by atoms with Gasteiger partial charge >= 0.3 is 0 Å². The van der Waals surface area contributed by atoms with Gasteiger partial charge in [0.15, 0.2) is 0 Å². The topological polar surface area (TPSA) is 55.6 Å². The van der Waals surface area contributed by atoms with Crippen molar-refractivity contribution in [1.82, 2.24) is 9.38 Å². The van der Waals surface area contributed by atoms with E-state index in [1.165, 1.54) is 5.56 Å². The Morgan fingerprint density at radius 3 is 3.00 bits per heavy atom. The quantitative estimate of drug-likeness (QED) is 0.514. The van der Waals surface area contributed by atoms with Crippen molar-refractivity contribution in [2.24, 2.45) is 0 Å². The first kappa shape index (κ1) is 17.3. The average molecular weight is 377 g/mol. The minimum atomic E-state index is -0.00120. The maximum Gasteiger partial charge on any atom is 0.224 e. The second-order valence-electron chi connectivity index (χ2n) is 6.19. The van der Waals surface area contributed by atoms with Crippen molar-refractivity contribution in [2.45, 2.75) is 19.4 Å². The second-order valence-corrected chi connectivity index (χ2v) is 6.97. The van der Waals surface area contributed by atoms with Crippen LogP contribution in [0.3, 0.4) is 0 Å². The number of anilines is 1. The van der Waals surface area contributed by atoms with Crippen molar-refractivity contribution >= 4 is 28.6 Å². The molecule has 1 amide bonds. The Morgan fingerprint density at radius 1 is 1.19 bits per heavy atom. The van der Waals surface area contributed by atoms with Crippen LogP contribution in [0.25, 0.3) is 5.65 Å². The summed E-state index contributed by atoms with van der Waals surface area (Å²) in [5.74, 6) is 0.696. The van der Waals surface area contributed by atoms with Crippen LogP contribution in [0.2, 0.25) is 0 Å². The molecule has 3 heterocycles. The number of nitrogens with zero attached hydrogens (tertiary/aromatic N) is 2. The molecule has 136 valence electrons. The number of ether oxygens (including phenoxy) is 1. The van der Waals surface area contributed by atoms with E-state index in [0.29, 0.717) is 18.8 Å². The van der Waals surface area contributed by atoms with Crippen LogP contribution in [-0.4, -0.2) is 15.3 Å². The lowest BCUT2D eigenvalue weighted by Gasteiger charge is -2.08. The van der Waals surface area contributed by atoms with Crippen LogP contribution in [-0.2, 0) is 17.8 Å². The first-order chi connectivity index (χ1) is 13.3. The third-order valence-electron chi connectivity index (χ3n) is 4.14. The molecule has 0 aliphatic heterocycles. The van der Waals surface area contributed by atoms with E-state index in [9.17, 15) is 4.79 Å². The molecule has 0 radical (unpaired) electrons. The van der Waals surface area contributed by atoms with Crippen LogP contribution in [0.4, 0.5) is 5.69 Å². The molecule has 5 nitrogen and oxygen atoms in total. The molecule has 4 aromatic rings. The summed E-state index contributed by atoms with van der Waals surface area (Å²) >= 11 is 1.65. The Hall–Kier alpha value is -3.12. The maximum atomic E-state index is 12.1. The molecule has 0 spiro atoms. The fourth-order valence-electron chi connectivity index (χ4n) is 2.79. The van der Waals surface area contributed by atoms with Gasteiger partial charge in [-0.25, -0.2) is 4.98 Å². The molecule has 3 aromatic heterocycles. The Bertz CT molecular complexity index is 1010. The van der Waals surface area contributed by atoms with Crippen LogP contribution >= 0.6 is 11.3 Å². The van der Waals surface area contributed by atoms with Crippen molar-refractivity contribution in [2.75, 3.05) is 5.32 Å². The highest BCUT2D eigenvalue weighted by Crippen LogP contribution is 2.19. The highest BCUT2D eigenvalue weighted by atomic mass is 32.1. The lowest BCUT2D eigenvalue weighted by atomic mass is 10.2. The van der Waals surface area contributed by atoms with Crippen LogP contribution < -0.4 is 10.1 Å². The van der Waals surface area contributed by atoms with E-state index in [1.54, 1.807) is 11.3 Å². The predicted octanol–water partition coefficient (Wildman–Crippen LogP) is 4.55. The standard InChI is InChI=1S/C21H19N3O2S/c25-21(8-7-16-9-11-27-15-16)23-17-4-3-5-19(12-17)26-14-18-13-24-10-2-1-6-20(24)22-18/h1-6,9-13,15H,7-8,14H2,(H,23,25). The van der Waals surface area contributed by atoms with Crippen molar-refractivity contribution in [3.05, 3.63) is 82.9 Å². The Kier molecular flexibility index (Phi) is 5.16. The van der Waals surface area contributed by atoms with E-state index in [2.05, 4.69) is 15.7 Å². The SMILES string of the molecule is O=C(CCc1ccsc1)Nc1cccc(OCc2cn3ccccc3n2)c1. The Labute approximate surface area is 161 Å². The number of amides is 1. The number of fused-ring (bicyclic) bond motifs is 1. The minimum absolute atomic E-state index is 0.00120. The van der Waals surface area contributed by atoms with Gasteiger partial charge in [-0.15, -0.1) is 0 Å². The third kappa shape index (κ3) is 4.54.